The van der Waals surface area contributed by atoms with E-state index in [1.54, 1.807) is 13.8 Å². The van der Waals surface area contributed by atoms with Gasteiger partial charge in [-0.05, 0) is 0 Å². The van der Waals surface area contributed by atoms with Crippen LogP contribution in [0.25, 0.3) is 0 Å². The van der Waals surface area contributed by atoms with E-state index in [0.29, 0.717) is 9.13 Å². The van der Waals surface area contributed by atoms with Gasteiger partial charge in [0.1, 0.15) is 18.8 Å². The summed E-state index contributed by atoms with van der Waals surface area (Å²) in [6.45, 7) is 1.20. The SMILES string of the molecule is CC(C)C(=O)OCn1c(=O)ccn([C@@H]2O[C@](F)(CO)[C@@H](O)[C@H]2O)c1=O. The highest BCUT2D eigenvalue weighted by Crippen LogP contribution is 2.37. The predicted molar refractivity (Wildman–Crippen MR) is 79.0 cm³/mol. The zero-order valence-electron chi connectivity index (χ0n) is 13.5. The summed E-state index contributed by atoms with van der Waals surface area (Å²) < 4.78 is 24.9. The number of hydrogen-bond acceptors (Lipinski definition) is 8. The Morgan fingerprint density at radius 1 is 1.44 bits per heavy atom. The third-order valence-corrected chi connectivity index (χ3v) is 3.77. The number of ether oxygens (including phenoxy) is 2. The van der Waals surface area contributed by atoms with Crippen LogP contribution in [0.2, 0.25) is 0 Å². The molecule has 1 aliphatic heterocycles. The van der Waals surface area contributed by atoms with Crippen LogP contribution < -0.4 is 11.2 Å². The smallest absolute Gasteiger partial charge is 0.335 e. The lowest BCUT2D eigenvalue weighted by atomic mass is 10.1. The second-order valence-corrected chi connectivity index (χ2v) is 5.91. The fourth-order valence-corrected chi connectivity index (χ4v) is 2.24. The lowest BCUT2D eigenvalue weighted by Crippen LogP contribution is -2.44. The highest BCUT2D eigenvalue weighted by atomic mass is 19.2. The van der Waals surface area contributed by atoms with Crippen molar-refractivity contribution in [3.05, 3.63) is 33.1 Å². The van der Waals surface area contributed by atoms with Crippen molar-refractivity contribution < 1.29 is 34.0 Å². The van der Waals surface area contributed by atoms with Crippen molar-refractivity contribution in [2.24, 2.45) is 5.92 Å². The number of aromatic nitrogens is 2. The summed E-state index contributed by atoms with van der Waals surface area (Å²) in [6, 6.07) is 0.921. The molecule has 0 aliphatic carbocycles. The molecule has 0 radical (unpaired) electrons. The fraction of sp³-hybridized carbons (Fsp3) is 0.643. The molecule has 1 aromatic heterocycles. The van der Waals surface area contributed by atoms with Gasteiger partial charge < -0.3 is 24.8 Å². The maximum Gasteiger partial charge on any atom is 0.335 e. The topological polar surface area (TPSA) is 140 Å². The van der Waals surface area contributed by atoms with Gasteiger partial charge in [-0.15, -0.1) is 0 Å². The number of rotatable bonds is 5. The van der Waals surface area contributed by atoms with Crippen LogP contribution in [0.5, 0.6) is 0 Å². The first-order chi connectivity index (χ1) is 11.6. The minimum atomic E-state index is -2.96. The number of alkyl halides is 1. The molecule has 3 N–H and O–H groups in total. The summed E-state index contributed by atoms with van der Waals surface area (Å²) in [6.07, 6.45) is -4.73. The number of carbonyl (C=O) groups is 1. The van der Waals surface area contributed by atoms with E-state index in [4.69, 9.17) is 14.6 Å². The average molecular weight is 362 g/mol. The minimum Gasteiger partial charge on any atom is -0.443 e. The first kappa shape index (κ1) is 19.2. The molecule has 1 aromatic rings. The molecule has 0 spiro atoms. The summed E-state index contributed by atoms with van der Waals surface area (Å²) in [5.74, 6) is -4.08. The Hall–Kier alpha value is -2.08. The van der Waals surface area contributed by atoms with Gasteiger partial charge in [-0.1, -0.05) is 13.8 Å². The Balaban J connectivity index is 2.35. The molecule has 0 bridgehead atoms. The van der Waals surface area contributed by atoms with Crippen molar-refractivity contribution in [2.75, 3.05) is 6.61 Å². The number of carbonyl (C=O) groups excluding carboxylic acids is 1. The molecule has 0 amide bonds. The summed E-state index contributed by atoms with van der Waals surface area (Å²) in [5.41, 5.74) is -1.85. The molecule has 0 unspecified atom stereocenters. The lowest BCUT2D eigenvalue weighted by molar-refractivity contribution is -0.207. The van der Waals surface area contributed by atoms with Crippen molar-refractivity contribution >= 4 is 5.97 Å². The molecule has 4 atom stereocenters. The molecule has 25 heavy (non-hydrogen) atoms. The van der Waals surface area contributed by atoms with E-state index in [2.05, 4.69) is 0 Å². The number of nitrogens with zero attached hydrogens (tertiary/aromatic N) is 2. The van der Waals surface area contributed by atoms with E-state index in [1.165, 1.54) is 0 Å². The molecule has 140 valence electrons. The molecule has 10 nitrogen and oxygen atoms in total. The highest BCUT2D eigenvalue weighted by Gasteiger charge is 2.56. The van der Waals surface area contributed by atoms with Crippen LogP contribution in [0.3, 0.4) is 0 Å². The number of aliphatic hydroxyl groups excluding tert-OH is 3. The number of halogens is 1. The number of aliphatic hydroxyl groups is 3. The van der Waals surface area contributed by atoms with Gasteiger partial charge in [-0.3, -0.25) is 14.2 Å². The van der Waals surface area contributed by atoms with Crippen molar-refractivity contribution in [1.82, 2.24) is 9.13 Å². The second kappa shape index (κ2) is 7.04. The van der Waals surface area contributed by atoms with Gasteiger partial charge in [0.15, 0.2) is 13.0 Å². The van der Waals surface area contributed by atoms with Gasteiger partial charge in [-0.2, -0.15) is 0 Å². The lowest BCUT2D eigenvalue weighted by Gasteiger charge is -2.20. The van der Waals surface area contributed by atoms with Gasteiger partial charge in [0.25, 0.3) is 11.4 Å². The average Bonchev–Trinajstić information content (AvgIpc) is 2.79. The maximum absolute atomic E-state index is 14.1. The Morgan fingerprint density at radius 2 is 2.08 bits per heavy atom. The van der Waals surface area contributed by atoms with Gasteiger partial charge in [0.2, 0.25) is 0 Å². The third kappa shape index (κ3) is 3.49. The van der Waals surface area contributed by atoms with Crippen LogP contribution in [0.4, 0.5) is 4.39 Å². The normalized spacial score (nSPS) is 29.2. The van der Waals surface area contributed by atoms with Crippen molar-refractivity contribution in [3.8, 4) is 0 Å². The summed E-state index contributed by atoms with van der Waals surface area (Å²) >= 11 is 0. The zero-order valence-corrected chi connectivity index (χ0v) is 13.5. The molecular formula is C14H19FN2O8. The second-order valence-electron chi connectivity index (χ2n) is 5.91. The van der Waals surface area contributed by atoms with Crippen LogP contribution in [-0.2, 0) is 21.0 Å². The van der Waals surface area contributed by atoms with Crippen LogP contribution in [0.1, 0.15) is 20.1 Å². The summed E-state index contributed by atoms with van der Waals surface area (Å²) in [7, 11) is 0. The highest BCUT2D eigenvalue weighted by molar-refractivity contribution is 5.71. The molecule has 1 aliphatic rings. The molecular weight excluding hydrogens is 343 g/mol. The van der Waals surface area contributed by atoms with E-state index in [1.807, 2.05) is 0 Å². The van der Waals surface area contributed by atoms with E-state index in [0.717, 1.165) is 12.3 Å². The summed E-state index contributed by atoms with van der Waals surface area (Å²) in [5, 5.41) is 28.5. The maximum atomic E-state index is 14.1. The van der Waals surface area contributed by atoms with Crippen LogP contribution in [0, 0.1) is 5.92 Å². The van der Waals surface area contributed by atoms with E-state index in [9.17, 15) is 29.0 Å². The Labute approximate surface area is 140 Å². The number of esters is 1. The van der Waals surface area contributed by atoms with Gasteiger partial charge in [-0.25, -0.2) is 13.8 Å². The quantitative estimate of drug-likeness (QED) is 0.515. The molecule has 2 rings (SSSR count). The molecule has 0 saturated carbocycles. The Bertz CT molecular complexity index is 760. The Kier molecular flexibility index (Phi) is 5.42. The van der Waals surface area contributed by atoms with Gasteiger partial charge in [0, 0.05) is 12.3 Å². The van der Waals surface area contributed by atoms with E-state index < -0.39 is 60.8 Å². The van der Waals surface area contributed by atoms with Crippen LogP contribution in [-0.4, -0.2) is 55.1 Å². The van der Waals surface area contributed by atoms with Crippen molar-refractivity contribution in [3.63, 3.8) is 0 Å². The van der Waals surface area contributed by atoms with Crippen molar-refractivity contribution in [1.29, 1.82) is 0 Å². The van der Waals surface area contributed by atoms with E-state index >= 15 is 0 Å². The first-order valence-corrected chi connectivity index (χ1v) is 7.44. The molecule has 2 heterocycles. The predicted octanol–water partition coefficient (Wildman–Crippen LogP) is -1.92. The van der Waals surface area contributed by atoms with Crippen molar-refractivity contribution in [2.45, 2.75) is 44.9 Å². The molecule has 1 saturated heterocycles. The first-order valence-electron chi connectivity index (χ1n) is 7.44. The molecule has 0 aromatic carbocycles. The monoisotopic (exact) mass is 362 g/mol. The fourth-order valence-electron chi connectivity index (χ4n) is 2.24. The van der Waals surface area contributed by atoms with E-state index in [-0.39, 0.29) is 0 Å². The molecule has 1 fully saturated rings. The zero-order chi connectivity index (χ0) is 18.9. The molecule has 11 heteroatoms. The number of hydrogen-bond donors (Lipinski definition) is 3. The van der Waals surface area contributed by atoms with Crippen LogP contribution in [0.15, 0.2) is 21.9 Å². The third-order valence-electron chi connectivity index (χ3n) is 3.77. The standard InChI is InChI=1S/C14H19FN2O8/c1-7(2)12(22)24-6-17-8(19)3-4-16(13(17)23)11-9(20)10(21)14(15,5-18)25-11/h3-4,7,9-11,18,20-21H,5-6H2,1-2H3/t9-,10+,11-,14-/m1/s1. The Morgan fingerprint density at radius 3 is 2.60 bits per heavy atom. The van der Waals surface area contributed by atoms with Crippen LogP contribution >= 0.6 is 0 Å². The summed E-state index contributed by atoms with van der Waals surface area (Å²) in [4.78, 5) is 35.7. The van der Waals surface area contributed by atoms with Gasteiger partial charge >= 0.3 is 11.7 Å². The van der Waals surface area contributed by atoms with Gasteiger partial charge in [0.05, 0.1) is 5.92 Å². The minimum absolute atomic E-state index is 0.478. The largest absolute Gasteiger partial charge is 0.443 e.